The van der Waals surface area contributed by atoms with E-state index in [0.29, 0.717) is 12.0 Å². The molecule has 100 valence electrons. The van der Waals surface area contributed by atoms with Gasteiger partial charge in [-0.05, 0) is 19.3 Å². The summed E-state index contributed by atoms with van der Waals surface area (Å²) in [4.78, 5) is 4.91. The zero-order chi connectivity index (χ0) is 12.5. The molecule has 0 spiro atoms. The van der Waals surface area contributed by atoms with Crippen LogP contribution >= 0.6 is 0 Å². The summed E-state index contributed by atoms with van der Waals surface area (Å²) in [7, 11) is 1.80. The van der Waals surface area contributed by atoms with E-state index in [9.17, 15) is 0 Å². The molecule has 1 aliphatic heterocycles. The zero-order valence-electron chi connectivity index (χ0n) is 11.4. The fourth-order valence-corrected chi connectivity index (χ4v) is 2.96. The Morgan fingerprint density at radius 2 is 2.33 bits per heavy atom. The number of fused-ring (bicyclic) bond motifs is 1. The maximum atomic E-state index is 5.40. The molecule has 1 unspecified atom stereocenters. The smallest absolute Gasteiger partial charge is 0.112 e. The molecule has 1 atom stereocenters. The van der Waals surface area contributed by atoms with E-state index < -0.39 is 0 Å². The Balaban J connectivity index is 2.00. The third kappa shape index (κ3) is 2.08. The molecule has 0 bridgehead atoms. The first-order valence-electron chi connectivity index (χ1n) is 7.14. The number of hydrogen-bond acceptors (Lipinski definition) is 3. The number of ether oxygens (including phenoxy) is 1. The van der Waals surface area contributed by atoms with Gasteiger partial charge in [-0.15, -0.1) is 0 Å². The molecule has 0 radical (unpaired) electrons. The van der Waals surface area contributed by atoms with Crippen molar-refractivity contribution in [3.8, 4) is 0 Å². The molecule has 1 N–H and O–H groups in total. The van der Waals surface area contributed by atoms with Crippen LogP contribution in [0.3, 0.4) is 0 Å². The first-order chi connectivity index (χ1) is 8.85. The van der Waals surface area contributed by atoms with Crippen LogP contribution in [-0.4, -0.2) is 29.8 Å². The summed E-state index contributed by atoms with van der Waals surface area (Å²) in [6.07, 6.45) is 4.85. The number of nitrogens with one attached hydrogen (secondary N) is 1. The second-order valence-electron chi connectivity index (χ2n) is 5.45. The number of methoxy groups -OCH3 is 1. The van der Waals surface area contributed by atoms with Gasteiger partial charge in [-0.25, -0.2) is 4.98 Å². The lowest BCUT2D eigenvalue weighted by atomic mass is 10.1. The van der Waals surface area contributed by atoms with E-state index in [-0.39, 0.29) is 0 Å². The average molecular weight is 249 g/mol. The second-order valence-corrected chi connectivity index (χ2v) is 5.45. The predicted molar refractivity (Wildman–Crippen MR) is 70.8 cm³/mol. The molecular formula is C14H23N3O. The summed E-state index contributed by atoms with van der Waals surface area (Å²) < 4.78 is 7.91. The van der Waals surface area contributed by atoms with E-state index >= 15 is 0 Å². The number of imidazole rings is 1. The van der Waals surface area contributed by atoms with Gasteiger partial charge in [0, 0.05) is 38.2 Å². The van der Waals surface area contributed by atoms with Crippen LogP contribution in [0.25, 0.3) is 0 Å². The van der Waals surface area contributed by atoms with E-state index in [0.717, 1.165) is 32.5 Å². The van der Waals surface area contributed by atoms with E-state index in [1.165, 1.54) is 30.1 Å². The van der Waals surface area contributed by atoms with Crippen LogP contribution in [0.1, 0.15) is 55.4 Å². The Morgan fingerprint density at radius 1 is 1.50 bits per heavy atom. The molecule has 2 heterocycles. The third-order valence-corrected chi connectivity index (χ3v) is 4.09. The minimum Gasteiger partial charge on any atom is -0.383 e. The topological polar surface area (TPSA) is 39.1 Å². The molecule has 4 nitrogen and oxygen atoms in total. The van der Waals surface area contributed by atoms with Crippen LogP contribution in [0, 0.1) is 0 Å². The van der Waals surface area contributed by atoms with E-state index in [1.807, 2.05) is 0 Å². The van der Waals surface area contributed by atoms with Gasteiger partial charge in [0.15, 0.2) is 0 Å². The summed E-state index contributed by atoms with van der Waals surface area (Å²) in [5.74, 6) is 2.04. The highest BCUT2D eigenvalue weighted by atomic mass is 16.5. The monoisotopic (exact) mass is 249 g/mol. The lowest BCUT2D eigenvalue weighted by Crippen LogP contribution is -2.27. The van der Waals surface area contributed by atoms with E-state index in [4.69, 9.17) is 9.72 Å². The molecule has 3 rings (SSSR count). The van der Waals surface area contributed by atoms with Crippen LogP contribution in [0.15, 0.2) is 0 Å². The fraction of sp³-hybridized carbons (Fsp3) is 0.786. The Morgan fingerprint density at radius 3 is 3.00 bits per heavy atom. The van der Waals surface area contributed by atoms with E-state index in [1.54, 1.807) is 7.11 Å². The minimum absolute atomic E-state index is 0.458. The maximum absolute atomic E-state index is 5.40. The minimum atomic E-state index is 0.458. The van der Waals surface area contributed by atoms with Crippen molar-refractivity contribution in [3.63, 3.8) is 0 Å². The number of hydrogen-bond donors (Lipinski definition) is 1. The molecule has 0 aromatic carbocycles. The van der Waals surface area contributed by atoms with E-state index in [2.05, 4.69) is 16.8 Å². The van der Waals surface area contributed by atoms with Gasteiger partial charge in [-0.1, -0.05) is 6.92 Å². The van der Waals surface area contributed by atoms with Gasteiger partial charge >= 0.3 is 0 Å². The van der Waals surface area contributed by atoms with Crippen LogP contribution in [-0.2, 0) is 17.7 Å². The highest BCUT2D eigenvalue weighted by molar-refractivity contribution is 5.25. The molecule has 0 amide bonds. The Hall–Kier alpha value is -0.870. The molecule has 1 fully saturated rings. The van der Waals surface area contributed by atoms with Gasteiger partial charge in [0.25, 0.3) is 0 Å². The molecule has 2 aliphatic rings. The van der Waals surface area contributed by atoms with Crippen LogP contribution < -0.4 is 5.32 Å². The Bertz CT molecular complexity index is 423. The summed E-state index contributed by atoms with van der Waals surface area (Å²) in [6, 6.07) is 0.458. The van der Waals surface area contributed by atoms with Crippen molar-refractivity contribution in [1.29, 1.82) is 0 Å². The molecule has 18 heavy (non-hydrogen) atoms. The van der Waals surface area contributed by atoms with Gasteiger partial charge < -0.3 is 14.6 Å². The van der Waals surface area contributed by atoms with Gasteiger partial charge in [0.05, 0.1) is 18.3 Å². The average Bonchev–Trinajstić information content (AvgIpc) is 3.17. The molecule has 0 saturated heterocycles. The second kappa shape index (κ2) is 5.02. The van der Waals surface area contributed by atoms with Gasteiger partial charge in [-0.3, -0.25) is 0 Å². The van der Waals surface area contributed by atoms with Gasteiger partial charge in [0.2, 0.25) is 0 Å². The maximum Gasteiger partial charge on any atom is 0.112 e. The Labute approximate surface area is 109 Å². The standard InChI is InChI=1S/C14H23N3O/c1-3-11(9-18-2)17-13-6-7-15-8-12(13)16-14(17)10-4-5-10/h10-11,15H,3-9H2,1-2H3. The van der Waals surface area contributed by atoms with Crippen molar-refractivity contribution < 1.29 is 4.74 Å². The van der Waals surface area contributed by atoms with Crippen molar-refractivity contribution in [2.45, 2.75) is 51.1 Å². The van der Waals surface area contributed by atoms with Crippen LogP contribution in [0.4, 0.5) is 0 Å². The van der Waals surface area contributed by atoms with Gasteiger partial charge in [0.1, 0.15) is 5.82 Å². The summed E-state index contributed by atoms with van der Waals surface area (Å²) in [6.45, 7) is 5.05. The number of aromatic nitrogens is 2. The molecular weight excluding hydrogens is 226 g/mol. The molecule has 1 saturated carbocycles. The number of rotatable bonds is 5. The quantitative estimate of drug-likeness (QED) is 0.867. The first kappa shape index (κ1) is 12.2. The molecule has 1 aliphatic carbocycles. The largest absolute Gasteiger partial charge is 0.383 e. The molecule has 1 aromatic heterocycles. The van der Waals surface area contributed by atoms with Crippen molar-refractivity contribution in [1.82, 2.24) is 14.9 Å². The fourth-order valence-electron chi connectivity index (χ4n) is 2.96. The van der Waals surface area contributed by atoms with Crippen LogP contribution in [0.2, 0.25) is 0 Å². The van der Waals surface area contributed by atoms with Crippen LogP contribution in [0.5, 0.6) is 0 Å². The normalized spacial score (nSPS) is 20.8. The zero-order valence-corrected chi connectivity index (χ0v) is 11.4. The van der Waals surface area contributed by atoms with Crippen molar-refractivity contribution in [2.24, 2.45) is 0 Å². The summed E-state index contributed by atoms with van der Waals surface area (Å²) in [5.41, 5.74) is 2.73. The molecule has 4 heteroatoms. The third-order valence-electron chi connectivity index (χ3n) is 4.09. The molecule has 1 aromatic rings. The lowest BCUT2D eigenvalue weighted by molar-refractivity contribution is 0.150. The van der Waals surface area contributed by atoms with Crippen molar-refractivity contribution >= 4 is 0 Å². The van der Waals surface area contributed by atoms with Crippen molar-refractivity contribution in [2.75, 3.05) is 20.3 Å². The highest BCUT2D eigenvalue weighted by Crippen LogP contribution is 2.42. The van der Waals surface area contributed by atoms with Gasteiger partial charge in [-0.2, -0.15) is 0 Å². The number of nitrogens with zero attached hydrogens (tertiary/aromatic N) is 2. The lowest BCUT2D eigenvalue weighted by Gasteiger charge is -2.23. The highest BCUT2D eigenvalue weighted by Gasteiger charge is 2.33. The first-order valence-corrected chi connectivity index (χ1v) is 7.14. The summed E-state index contributed by atoms with van der Waals surface area (Å²) >= 11 is 0. The SMILES string of the molecule is CCC(COC)n1c(C2CC2)nc2c1CCNC2. The Kier molecular flexibility index (Phi) is 3.39. The summed E-state index contributed by atoms with van der Waals surface area (Å²) in [5, 5.41) is 3.42. The van der Waals surface area contributed by atoms with Crippen molar-refractivity contribution in [3.05, 3.63) is 17.2 Å². The predicted octanol–water partition coefficient (Wildman–Crippen LogP) is 2.00.